The van der Waals surface area contributed by atoms with Crippen molar-refractivity contribution in [2.45, 2.75) is 6.42 Å². The molecule has 94 valence electrons. The average Bonchev–Trinajstić information content (AvgIpc) is 2.70. The summed E-state index contributed by atoms with van der Waals surface area (Å²) in [6.07, 6.45) is -0.163. The topological polar surface area (TPSA) is 63.6 Å². The molecule has 0 radical (unpaired) electrons. The van der Waals surface area contributed by atoms with E-state index in [0.717, 1.165) is 0 Å². The van der Waals surface area contributed by atoms with Crippen LogP contribution in [0, 0.1) is 5.92 Å². The van der Waals surface area contributed by atoms with Crippen molar-refractivity contribution in [2.24, 2.45) is 5.92 Å². The second-order valence-electron chi connectivity index (χ2n) is 3.99. The van der Waals surface area contributed by atoms with Crippen LogP contribution >= 0.6 is 11.6 Å². The van der Waals surface area contributed by atoms with Crippen molar-refractivity contribution >= 4 is 28.6 Å². The summed E-state index contributed by atoms with van der Waals surface area (Å²) in [6.45, 7) is 0.0729. The average molecular weight is 267 g/mol. The summed E-state index contributed by atoms with van der Waals surface area (Å²) in [5.74, 6) is -1.99. The number of carboxylic acids is 1. The highest BCUT2D eigenvalue weighted by molar-refractivity contribution is 6.51. The van der Waals surface area contributed by atoms with E-state index in [1.165, 1.54) is 0 Å². The molecule has 1 unspecified atom stereocenters. The number of ether oxygens (including phenoxy) is 1. The predicted octanol–water partition coefficient (Wildman–Crippen LogP) is 2.28. The summed E-state index contributed by atoms with van der Waals surface area (Å²) in [6, 6.07) is 8.95. The van der Waals surface area contributed by atoms with Gasteiger partial charge in [-0.1, -0.05) is 41.9 Å². The van der Waals surface area contributed by atoms with E-state index in [9.17, 15) is 9.59 Å². The number of esters is 1. The van der Waals surface area contributed by atoms with Crippen LogP contribution in [0.2, 0.25) is 0 Å². The predicted molar refractivity (Wildman–Crippen MR) is 65.9 cm³/mol. The lowest BCUT2D eigenvalue weighted by Gasteiger charge is -2.07. The first-order chi connectivity index (χ1) is 8.59. The molecular formula is C13H11ClO4. The van der Waals surface area contributed by atoms with Crippen LogP contribution in [-0.2, 0) is 14.3 Å². The van der Waals surface area contributed by atoms with Gasteiger partial charge >= 0.3 is 11.9 Å². The maximum Gasteiger partial charge on any atom is 0.335 e. The fraction of sp³-hybridized carbons (Fsp3) is 0.231. The van der Waals surface area contributed by atoms with Gasteiger partial charge in [0.25, 0.3) is 0 Å². The molecule has 1 aliphatic rings. The Morgan fingerprint density at radius 3 is 2.67 bits per heavy atom. The minimum Gasteiger partial charge on any atom is -0.481 e. The van der Waals surface area contributed by atoms with Gasteiger partial charge < -0.3 is 9.84 Å². The number of hydrogen-bond acceptors (Lipinski definition) is 3. The summed E-state index contributed by atoms with van der Waals surface area (Å²) in [5, 5.41) is 9.07. The van der Waals surface area contributed by atoms with Crippen LogP contribution in [0.25, 0.3) is 5.03 Å². The molecule has 0 saturated carbocycles. The maximum absolute atomic E-state index is 11.6. The van der Waals surface area contributed by atoms with E-state index in [1.807, 2.05) is 6.07 Å². The van der Waals surface area contributed by atoms with Crippen molar-refractivity contribution in [3.05, 3.63) is 41.5 Å². The molecule has 1 saturated heterocycles. The van der Waals surface area contributed by atoms with E-state index in [2.05, 4.69) is 0 Å². The Balaban J connectivity index is 2.38. The lowest BCUT2D eigenvalue weighted by Crippen LogP contribution is -2.11. The van der Waals surface area contributed by atoms with Crippen molar-refractivity contribution in [2.75, 3.05) is 6.61 Å². The van der Waals surface area contributed by atoms with Crippen molar-refractivity contribution in [3.63, 3.8) is 0 Å². The first-order valence-corrected chi connectivity index (χ1v) is 5.81. The van der Waals surface area contributed by atoms with Gasteiger partial charge in [0, 0.05) is 5.92 Å². The molecule has 0 amide bonds. The van der Waals surface area contributed by atoms with E-state index < -0.39 is 17.9 Å². The number of carbonyl (C=O) groups excluding carboxylic acids is 1. The first kappa shape index (κ1) is 12.6. The van der Waals surface area contributed by atoms with Crippen LogP contribution < -0.4 is 0 Å². The molecule has 5 heteroatoms. The SMILES string of the molecule is O=C(O)CC1COC(=O)/C1=C(\Cl)c1ccccc1. The van der Waals surface area contributed by atoms with Crippen LogP contribution in [0.1, 0.15) is 12.0 Å². The van der Waals surface area contributed by atoms with Crippen LogP contribution in [0.15, 0.2) is 35.9 Å². The lowest BCUT2D eigenvalue weighted by molar-refractivity contribution is -0.138. The monoisotopic (exact) mass is 266 g/mol. The van der Waals surface area contributed by atoms with Gasteiger partial charge in [-0.25, -0.2) is 4.79 Å². The Hall–Kier alpha value is -1.81. The molecule has 1 N–H and O–H groups in total. The highest BCUT2D eigenvalue weighted by Gasteiger charge is 2.34. The zero-order valence-electron chi connectivity index (χ0n) is 9.43. The minimum atomic E-state index is -0.978. The van der Waals surface area contributed by atoms with Crippen LogP contribution in [0.3, 0.4) is 0 Å². The van der Waals surface area contributed by atoms with Crippen LogP contribution in [-0.4, -0.2) is 23.7 Å². The Kier molecular flexibility index (Phi) is 3.67. The molecule has 1 aromatic rings. The summed E-state index contributed by atoms with van der Waals surface area (Å²) < 4.78 is 4.88. The Labute approximate surface area is 109 Å². The molecule has 18 heavy (non-hydrogen) atoms. The fourth-order valence-electron chi connectivity index (χ4n) is 1.88. The second kappa shape index (κ2) is 5.23. The standard InChI is InChI=1S/C13H11ClO4/c14-12(8-4-2-1-3-5-8)11-9(6-10(15)16)7-18-13(11)17/h1-5,9H,6-7H2,(H,15,16)/b12-11-. The third-order valence-corrected chi connectivity index (χ3v) is 3.15. The molecule has 1 aromatic carbocycles. The largest absolute Gasteiger partial charge is 0.481 e. The molecule has 1 fully saturated rings. The zero-order valence-corrected chi connectivity index (χ0v) is 10.2. The molecule has 4 nitrogen and oxygen atoms in total. The van der Waals surface area contributed by atoms with Crippen molar-refractivity contribution in [1.82, 2.24) is 0 Å². The fourth-order valence-corrected chi connectivity index (χ4v) is 2.24. The van der Waals surface area contributed by atoms with Gasteiger partial charge in [0.05, 0.1) is 23.6 Å². The van der Waals surface area contributed by atoms with Gasteiger partial charge in [0.1, 0.15) is 0 Å². The molecular weight excluding hydrogens is 256 g/mol. The number of halogens is 1. The molecule has 2 rings (SSSR count). The summed E-state index contributed by atoms with van der Waals surface area (Å²) in [4.78, 5) is 22.4. The Bertz CT molecular complexity index is 507. The number of cyclic esters (lactones) is 1. The van der Waals surface area contributed by atoms with Crippen molar-refractivity contribution in [3.8, 4) is 0 Å². The smallest absolute Gasteiger partial charge is 0.335 e. The summed E-state index contributed by atoms with van der Waals surface area (Å²) in [7, 11) is 0. The molecule has 0 spiro atoms. The van der Waals surface area contributed by atoms with E-state index in [0.29, 0.717) is 5.56 Å². The van der Waals surface area contributed by atoms with Gasteiger partial charge in [-0.3, -0.25) is 4.79 Å². The van der Waals surface area contributed by atoms with Gasteiger partial charge in [0.15, 0.2) is 0 Å². The normalized spacial score (nSPS) is 21.6. The number of hydrogen-bond donors (Lipinski definition) is 1. The number of carboxylic acid groups (broad SMARTS) is 1. The highest BCUT2D eigenvalue weighted by atomic mass is 35.5. The first-order valence-electron chi connectivity index (χ1n) is 5.43. The summed E-state index contributed by atoms with van der Waals surface area (Å²) in [5.41, 5.74) is 0.939. The highest BCUT2D eigenvalue weighted by Crippen LogP contribution is 2.34. The molecule has 0 aliphatic carbocycles. The van der Waals surface area contributed by atoms with E-state index in [4.69, 9.17) is 21.4 Å². The minimum absolute atomic E-state index is 0.0729. The maximum atomic E-state index is 11.6. The lowest BCUT2D eigenvalue weighted by atomic mass is 9.96. The number of carbonyl (C=O) groups is 2. The van der Waals surface area contributed by atoms with Gasteiger partial charge in [-0.05, 0) is 5.56 Å². The Morgan fingerprint density at radius 2 is 2.06 bits per heavy atom. The molecule has 0 bridgehead atoms. The van der Waals surface area contributed by atoms with E-state index in [1.54, 1.807) is 24.3 Å². The van der Waals surface area contributed by atoms with E-state index >= 15 is 0 Å². The molecule has 1 heterocycles. The van der Waals surface area contributed by atoms with Gasteiger partial charge in [-0.2, -0.15) is 0 Å². The van der Waals surface area contributed by atoms with E-state index in [-0.39, 0.29) is 23.6 Å². The molecule has 0 aromatic heterocycles. The molecule has 1 atom stereocenters. The number of benzene rings is 1. The third-order valence-electron chi connectivity index (χ3n) is 2.73. The van der Waals surface area contributed by atoms with Gasteiger partial charge in [0.2, 0.25) is 0 Å². The summed E-state index contributed by atoms with van der Waals surface area (Å²) >= 11 is 6.17. The van der Waals surface area contributed by atoms with Gasteiger partial charge in [-0.15, -0.1) is 0 Å². The van der Waals surface area contributed by atoms with Crippen molar-refractivity contribution in [1.29, 1.82) is 0 Å². The number of aliphatic carboxylic acids is 1. The van der Waals surface area contributed by atoms with Crippen molar-refractivity contribution < 1.29 is 19.4 Å². The van der Waals surface area contributed by atoms with Crippen LogP contribution in [0.4, 0.5) is 0 Å². The second-order valence-corrected chi connectivity index (χ2v) is 4.36. The number of rotatable bonds is 3. The Morgan fingerprint density at radius 1 is 1.39 bits per heavy atom. The molecule has 1 aliphatic heterocycles. The zero-order chi connectivity index (χ0) is 13.1. The quantitative estimate of drug-likeness (QED) is 0.673. The third kappa shape index (κ3) is 2.54. The van der Waals surface area contributed by atoms with Crippen LogP contribution in [0.5, 0.6) is 0 Å².